The van der Waals surface area contributed by atoms with E-state index in [2.05, 4.69) is 10.3 Å². The summed E-state index contributed by atoms with van der Waals surface area (Å²) in [7, 11) is 0. The fraction of sp³-hybridized carbons (Fsp3) is 0.370. The lowest BCUT2D eigenvalue weighted by atomic mass is 10.0. The third-order valence-electron chi connectivity index (χ3n) is 5.30. The minimum atomic E-state index is -1.01. The summed E-state index contributed by atoms with van der Waals surface area (Å²) in [6, 6.07) is 13.6. The van der Waals surface area contributed by atoms with Crippen LogP contribution in [0.2, 0.25) is 0 Å². The van der Waals surface area contributed by atoms with Crippen LogP contribution in [0.4, 0.5) is 0 Å². The summed E-state index contributed by atoms with van der Waals surface area (Å²) in [5, 5.41) is 13.3. The Labute approximate surface area is 210 Å². The molecule has 0 radical (unpaired) electrons. The molecule has 7 nitrogen and oxygen atoms in total. The highest BCUT2D eigenvalue weighted by Gasteiger charge is 2.21. The summed E-state index contributed by atoms with van der Waals surface area (Å²) in [6.45, 7) is 10.1. The average Bonchev–Trinajstić information content (AvgIpc) is 3.20. The van der Waals surface area contributed by atoms with Gasteiger partial charge in [-0.2, -0.15) is 0 Å². The topological polar surface area (TPSA) is 97.8 Å². The normalized spacial score (nSPS) is 11.9. The zero-order chi connectivity index (χ0) is 25.5. The molecule has 0 saturated heterocycles. The van der Waals surface area contributed by atoms with Crippen molar-refractivity contribution in [2.45, 2.75) is 59.8 Å². The summed E-state index contributed by atoms with van der Waals surface area (Å²) in [4.78, 5) is 29.8. The van der Waals surface area contributed by atoms with Crippen LogP contribution < -0.4 is 10.1 Å². The highest BCUT2D eigenvalue weighted by atomic mass is 32.1. The van der Waals surface area contributed by atoms with Gasteiger partial charge in [-0.3, -0.25) is 4.79 Å². The van der Waals surface area contributed by atoms with Gasteiger partial charge in [0.2, 0.25) is 0 Å². The number of amides is 1. The van der Waals surface area contributed by atoms with Crippen LogP contribution in [0, 0.1) is 13.8 Å². The number of aryl methyl sites for hydroxylation is 2. The number of aromatic nitrogens is 1. The number of rotatable bonds is 11. The van der Waals surface area contributed by atoms with Crippen LogP contribution in [-0.2, 0) is 22.5 Å². The first-order valence-corrected chi connectivity index (χ1v) is 12.4. The van der Waals surface area contributed by atoms with Crippen LogP contribution in [0.1, 0.15) is 52.8 Å². The molecule has 35 heavy (non-hydrogen) atoms. The highest BCUT2D eigenvalue weighted by molar-refractivity contribution is 7.17. The SMILES string of the molecule is CCOc1ccc(CC(OC(C)C)C(=O)O)cc1CNC(=O)c1sc(-c2ccc(C)cc2)nc1C. The Balaban J connectivity index is 1.76. The third-order valence-corrected chi connectivity index (χ3v) is 6.50. The van der Waals surface area contributed by atoms with Crippen molar-refractivity contribution in [3.8, 4) is 16.3 Å². The van der Waals surface area contributed by atoms with Crippen LogP contribution in [0.5, 0.6) is 5.75 Å². The first kappa shape index (κ1) is 26.4. The minimum Gasteiger partial charge on any atom is -0.494 e. The summed E-state index contributed by atoms with van der Waals surface area (Å²) in [6.07, 6.45) is -0.935. The van der Waals surface area contributed by atoms with Gasteiger partial charge in [0.15, 0.2) is 6.10 Å². The van der Waals surface area contributed by atoms with Crippen molar-refractivity contribution in [2.24, 2.45) is 0 Å². The van der Waals surface area contributed by atoms with Crippen molar-refractivity contribution < 1.29 is 24.2 Å². The number of carbonyl (C=O) groups excluding carboxylic acids is 1. The van der Waals surface area contributed by atoms with E-state index in [4.69, 9.17) is 9.47 Å². The molecule has 0 spiro atoms. The molecule has 1 heterocycles. The maximum absolute atomic E-state index is 13.0. The van der Waals surface area contributed by atoms with E-state index in [1.54, 1.807) is 13.8 Å². The molecule has 1 amide bonds. The van der Waals surface area contributed by atoms with E-state index in [-0.39, 0.29) is 25.0 Å². The van der Waals surface area contributed by atoms with Gasteiger partial charge in [0, 0.05) is 24.1 Å². The summed E-state index contributed by atoms with van der Waals surface area (Å²) in [5.41, 5.74) is 4.38. The van der Waals surface area contributed by atoms with Gasteiger partial charge in [-0.15, -0.1) is 11.3 Å². The summed E-state index contributed by atoms with van der Waals surface area (Å²) in [5.74, 6) is -0.570. The zero-order valence-electron chi connectivity index (χ0n) is 20.8. The van der Waals surface area contributed by atoms with Crippen LogP contribution in [0.25, 0.3) is 10.6 Å². The van der Waals surface area contributed by atoms with Gasteiger partial charge in [-0.1, -0.05) is 42.0 Å². The highest BCUT2D eigenvalue weighted by Crippen LogP contribution is 2.28. The van der Waals surface area contributed by atoms with E-state index < -0.39 is 12.1 Å². The van der Waals surface area contributed by atoms with Crippen molar-refractivity contribution in [2.75, 3.05) is 6.61 Å². The van der Waals surface area contributed by atoms with Gasteiger partial charge in [0.25, 0.3) is 5.91 Å². The fourth-order valence-electron chi connectivity index (χ4n) is 3.61. The molecule has 3 aromatic rings. The molecule has 1 atom stereocenters. The number of ether oxygens (including phenoxy) is 2. The Morgan fingerprint density at radius 2 is 1.83 bits per heavy atom. The Hall–Kier alpha value is -3.23. The number of hydrogen-bond acceptors (Lipinski definition) is 6. The number of nitrogens with zero attached hydrogens (tertiary/aromatic N) is 1. The lowest BCUT2D eigenvalue weighted by Gasteiger charge is -2.18. The van der Waals surface area contributed by atoms with Gasteiger partial charge in [0.05, 0.1) is 18.4 Å². The zero-order valence-corrected chi connectivity index (χ0v) is 21.6. The Morgan fingerprint density at radius 3 is 2.46 bits per heavy atom. The fourth-order valence-corrected chi connectivity index (χ4v) is 4.60. The predicted molar refractivity (Wildman–Crippen MR) is 137 cm³/mol. The van der Waals surface area contributed by atoms with E-state index in [0.29, 0.717) is 22.9 Å². The predicted octanol–water partition coefficient (Wildman–Crippen LogP) is 5.18. The number of aliphatic carboxylic acids is 1. The smallest absolute Gasteiger partial charge is 0.333 e. The Bertz CT molecular complexity index is 1170. The van der Waals surface area contributed by atoms with E-state index in [1.165, 1.54) is 11.3 Å². The number of carboxylic acid groups (broad SMARTS) is 1. The molecular formula is C27H32N2O5S. The maximum atomic E-state index is 13.0. The summed E-state index contributed by atoms with van der Waals surface area (Å²) >= 11 is 1.36. The molecule has 0 bridgehead atoms. The molecule has 1 unspecified atom stereocenters. The molecule has 0 saturated carbocycles. The molecule has 0 aliphatic rings. The number of benzene rings is 2. The van der Waals surface area contributed by atoms with E-state index in [1.807, 2.05) is 63.2 Å². The molecule has 3 rings (SSSR count). The van der Waals surface area contributed by atoms with Crippen molar-refractivity contribution >= 4 is 23.2 Å². The van der Waals surface area contributed by atoms with E-state index in [0.717, 1.165) is 27.3 Å². The molecule has 186 valence electrons. The summed E-state index contributed by atoms with van der Waals surface area (Å²) < 4.78 is 11.3. The van der Waals surface area contributed by atoms with Crippen molar-refractivity contribution in [1.29, 1.82) is 0 Å². The Morgan fingerprint density at radius 1 is 1.11 bits per heavy atom. The van der Waals surface area contributed by atoms with Crippen molar-refractivity contribution in [1.82, 2.24) is 10.3 Å². The van der Waals surface area contributed by atoms with Crippen LogP contribution in [0.3, 0.4) is 0 Å². The van der Waals surface area contributed by atoms with Gasteiger partial charge in [0.1, 0.15) is 15.6 Å². The molecular weight excluding hydrogens is 464 g/mol. The second kappa shape index (κ2) is 12.0. The lowest BCUT2D eigenvalue weighted by Crippen LogP contribution is -2.29. The Kier molecular flexibility index (Phi) is 9.01. The van der Waals surface area contributed by atoms with E-state index >= 15 is 0 Å². The standard InChI is InChI=1S/C27H32N2O5S/c1-6-33-22-12-9-19(14-23(27(31)32)34-16(2)3)13-21(22)15-28-25(30)24-18(5)29-26(35-24)20-10-7-17(4)8-11-20/h7-13,16,23H,6,14-15H2,1-5H3,(H,28,30)(H,31,32). The average molecular weight is 497 g/mol. The van der Waals surface area contributed by atoms with Gasteiger partial charge < -0.3 is 19.9 Å². The van der Waals surface area contributed by atoms with Crippen LogP contribution in [0.15, 0.2) is 42.5 Å². The quantitative estimate of drug-likeness (QED) is 0.380. The minimum absolute atomic E-state index is 0.204. The number of carboxylic acids is 1. The first-order valence-electron chi connectivity index (χ1n) is 11.6. The molecule has 0 aliphatic carbocycles. The van der Waals surface area contributed by atoms with Gasteiger partial charge in [-0.25, -0.2) is 9.78 Å². The maximum Gasteiger partial charge on any atom is 0.333 e. The second-order valence-electron chi connectivity index (χ2n) is 8.57. The first-order chi connectivity index (χ1) is 16.7. The third kappa shape index (κ3) is 7.13. The number of hydrogen-bond donors (Lipinski definition) is 2. The number of nitrogens with one attached hydrogen (secondary N) is 1. The van der Waals surface area contributed by atoms with Crippen molar-refractivity contribution in [3.63, 3.8) is 0 Å². The molecule has 1 aromatic heterocycles. The number of carbonyl (C=O) groups is 2. The van der Waals surface area contributed by atoms with Gasteiger partial charge >= 0.3 is 5.97 Å². The number of thiazole rings is 1. The van der Waals surface area contributed by atoms with Crippen LogP contribution in [-0.4, -0.2) is 40.8 Å². The molecule has 2 N–H and O–H groups in total. The molecule has 0 fully saturated rings. The molecule has 8 heteroatoms. The molecule has 2 aromatic carbocycles. The largest absolute Gasteiger partial charge is 0.494 e. The van der Waals surface area contributed by atoms with Gasteiger partial charge in [-0.05, 0) is 46.2 Å². The van der Waals surface area contributed by atoms with Crippen LogP contribution >= 0.6 is 11.3 Å². The second-order valence-corrected chi connectivity index (χ2v) is 9.57. The van der Waals surface area contributed by atoms with E-state index in [9.17, 15) is 14.7 Å². The lowest BCUT2D eigenvalue weighted by molar-refractivity contribution is -0.153. The molecule has 0 aliphatic heterocycles. The monoisotopic (exact) mass is 496 g/mol. The van der Waals surface area contributed by atoms with Crippen molar-refractivity contribution in [3.05, 3.63) is 69.7 Å².